The molecule has 128 valence electrons. The molecule has 0 saturated carbocycles. The van der Waals surface area contributed by atoms with Gasteiger partial charge in [0.15, 0.2) is 0 Å². The van der Waals surface area contributed by atoms with Crippen molar-refractivity contribution >= 4 is 27.2 Å². The number of para-hydroxylation sites is 2. The predicted octanol–water partition coefficient (Wildman–Crippen LogP) is 4.58. The van der Waals surface area contributed by atoms with Crippen LogP contribution >= 0.6 is 11.3 Å². The van der Waals surface area contributed by atoms with Crippen molar-refractivity contribution in [3.8, 4) is 0 Å². The third-order valence-corrected chi connectivity index (χ3v) is 5.95. The van der Waals surface area contributed by atoms with Gasteiger partial charge >= 0.3 is 0 Å². The zero-order chi connectivity index (χ0) is 17.2. The Hall–Kier alpha value is -2.31. The number of likely N-dealkylation sites (tertiary alicyclic amines) is 1. The van der Waals surface area contributed by atoms with Gasteiger partial charge in [0.25, 0.3) is 5.69 Å². The molecular formula is C19H19N3O2S. The fraction of sp³-hybridized carbons (Fsp3) is 0.316. The molecule has 0 amide bonds. The van der Waals surface area contributed by atoms with Crippen LogP contribution in [0.1, 0.15) is 29.3 Å². The number of hydrogen-bond donors (Lipinski definition) is 0. The fourth-order valence-corrected chi connectivity index (χ4v) is 4.62. The molecule has 1 aliphatic rings. The average Bonchev–Trinajstić information content (AvgIpc) is 3.06. The van der Waals surface area contributed by atoms with E-state index in [2.05, 4.69) is 17.0 Å². The molecule has 1 fully saturated rings. The minimum absolute atomic E-state index is 0.213. The molecule has 2 heterocycles. The van der Waals surface area contributed by atoms with Crippen molar-refractivity contribution in [3.63, 3.8) is 0 Å². The van der Waals surface area contributed by atoms with Gasteiger partial charge in [-0.05, 0) is 31.5 Å². The van der Waals surface area contributed by atoms with Gasteiger partial charge in [-0.1, -0.05) is 30.3 Å². The van der Waals surface area contributed by atoms with Crippen LogP contribution < -0.4 is 0 Å². The number of hydrogen-bond acceptors (Lipinski definition) is 5. The van der Waals surface area contributed by atoms with Crippen molar-refractivity contribution in [3.05, 3.63) is 69.2 Å². The second kappa shape index (κ2) is 6.90. The Morgan fingerprint density at radius 3 is 2.84 bits per heavy atom. The number of rotatable bonds is 4. The van der Waals surface area contributed by atoms with E-state index in [0.717, 1.165) is 37.0 Å². The maximum absolute atomic E-state index is 11.2. The molecule has 4 rings (SSSR count). The van der Waals surface area contributed by atoms with Gasteiger partial charge in [0.1, 0.15) is 0 Å². The zero-order valence-electron chi connectivity index (χ0n) is 13.8. The second-order valence-electron chi connectivity index (χ2n) is 6.48. The molecule has 6 heteroatoms. The summed E-state index contributed by atoms with van der Waals surface area (Å²) >= 11 is 1.77. The monoisotopic (exact) mass is 353 g/mol. The zero-order valence-corrected chi connectivity index (χ0v) is 14.6. The summed E-state index contributed by atoms with van der Waals surface area (Å²) in [5, 5.41) is 12.4. The van der Waals surface area contributed by atoms with E-state index in [9.17, 15) is 10.1 Å². The van der Waals surface area contributed by atoms with Gasteiger partial charge in [-0.25, -0.2) is 4.98 Å². The highest BCUT2D eigenvalue weighted by atomic mass is 32.1. The largest absolute Gasteiger partial charge is 0.298 e. The number of aromatic nitrogens is 1. The molecule has 0 spiro atoms. The molecule has 5 nitrogen and oxygen atoms in total. The third-order valence-electron chi connectivity index (χ3n) is 4.75. The Bertz CT molecular complexity index is 875. The quantitative estimate of drug-likeness (QED) is 0.509. The first-order valence-electron chi connectivity index (χ1n) is 8.51. The highest BCUT2D eigenvalue weighted by Crippen LogP contribution is 2.33. The van der Waals surface area contributed by atoms with Gasteiger partial charge in [-0.3, -0.25) is 15.0 Å². The Balaban J connectivity index is 1.52. The van der Waals surface area contributed by atoms with E-state index in [4.69, 9.17) is 4.98 Å². The summed E-state index contributed by atoms with van der Waals surface area (Å²) in [7, 11) is 0. The molecule has 0 bridgehead atoms. The second-order valence-corrected chi connectivity index (χ2v) is 7.54. The summed E-state index contributed by atoms with van der Waals surface area (Å²) in [5.41, 5.74) is 2.07. The van der Waals surface area contributed by atoms with Gasteiger partial charge in [-0.2, -0.15) is 0 Å². The lowest BCUT2D eigenvalue weighted by Gasteiger charge is -2.31. The van der Waals surface area contributed by atoms with Crippen LogP contribution in [0.2, 0.25) is 0 Å². The topological polar surface area (TPSA) is 59.3 Å². The Morgan fingerprint density at radius 2 is 2.00 bits per heavy atom. The van der Waals surface area contributed by atoms with E-state index >= 15 is 0 Å². The minimum Gasteiger partial charge on any atom is -0.298 e. The Morgan fingerprint density at radius 1 is 1.20 bits per heavy atom. The molecule has 0 unspecified atom stereocenters. The van der Waals surface area contributed by atoms with E-state index in [-0.39, 0.29) is 10.6 Å². The highest BCUT2D eigenvalue weighted by Gasteiger charge is 2.25. The molecule has 0 aliphatic carbocycles. The number of fused-ring (bicyclic) bond motifs is 1. The summed E-state index contributed by atoms with van der Waals surface area (Å²) in [6.07, 6.45) is 2.23. The summed E-state index contributed by atoms with van der Waals surface area (Å²) in [6.45, 7) is 2.51. The lowest BCUT2D eigenvalue weighted by atomic mass is 9.98. The van der Waals surface area contributed by atoms with Crippen LogP contribution in [0.15, 0.2) is 48.5 Å². The molecule has 0 radical (unpaired) electrons. The first kappa shape index (κ1) is 16.2. The predicted molar refractivity (Wildman–Crippen MR) is 100.0 cm³/mol. The minimum atomic E-state index is -0.287. The normalized spacial score (nSPS) is 18.5. The molecule has 1 atom stereocenters. The highest BCUT2D eigenvalue weighted by molar-refractivity contribution is 7.18. The van der Waals surface area contributed by atoms with E-state index < -0.39 is 0 Å². The number of nitro groups is 1. The van der Waals surface area contributed by atoms with Crippen LogP contribution in [0.25, 0.3) is 10.2 Å². The standard InChI is InChI=1S/C19H19N3O2S/c23-22(24)17-9-3-1-6-14(17)12-21-11-5-7-15(13-21)19-20-16-8-2-4-10-18(16)25-19/h1-4,6,8-10,15H,5,7,11-13H2/t15-/m0/s1. The van der Waals surface area contributed by atoms with Gasteiger partial charge in [0.05, 0.1) is 20.1 Å². The number of piperidine rings is 1. The summed E-state index contributed by atoms with van der Waals surface area (Å²) in [4.78, 5) is 18.1. The van der Waals surface area contributed by atoms with Crippen molar-refractivity contribution in [2.45, 2.75) is 25.3 Å². The molecule has 1 aliphatic heterocycles. The smallest absolute Gasteiger partial charge is 0.273 e. The molecule has 1 aromatic heterocycles. The molecule has 1 saturated heterocycles. The maximum Gasteiger partial charge on any atom is 0.273 e. The van der Waals surface area contributed by atoms with Gasteiger partial charge < -0.3 is 0 Å². The van der Waals surface area contributed by atoms with E-state index in [1.54, 1.807) is 23.5 Å². The van der Waals surface area contributed by atoms with Crippen LogP contribution in [0.3, 0.4) is 0 Å². The van der Waals surface area contributed by atoms with Crippen molar-refractivity contribution in [2.24, 2.45) is 0 Å². The molecular weight excluding hydrogens is 334 g/mol. The van der Waals surface area contributed by atoms with Crippen LogP contribution in [0, 0.1) is 10.1 Å². The van der Waals surface area contributed by atoms with Crippen molar-refractivity contribution in [2.75, 3.05) is 13.1 Å². The third kappa shape index (κ3) is 3.41. The number of thiazole rings is 1. The molecule has 0 N–H and O–H groups in total. The molecule has 25 heavy (non-hydrogen) atoms. The van der Waals surface area contributed by atoms with Crippen molar-refractivity contribution in [1.82, 2.24) is 9.88 Å². The summed E-state index contributed by atoms with van der Waals surface area (Å²) in [5.74, 6) is 0.411. The van der Waals surface area contributed by atoms with Crippen LogP contribution in [-0.4, -0.2) is 27.9 Å². The number of nitro benzene ring substituents is 1. The van der Waals surface area contributed by atoms with E-state index in [1.807, 2.05) is 24.3 Å². The average molecular weight is 353 g/mol. The first-order chi connectivity index (χ1) is 12.2. The molecule has 3 aromatic rings. The van der Waals surface area contributed by atoms with E-state index in [0.29, 0.717) is 12.5 Å². The number of nitrogens with zero attached hydrogens (tertiary/aromatic N) is 3. The SMILES string of the molecule is O=[N+]([O-])c1ccccc1CN1CCC[C@H](c2nc3ccccc3s2)C1. The summed E-state index contributed by atoms with van der Waals surface area (Å²) < 4.78 is 1.23. The van der Waals surface area contributed by atoms with Crippen LogP contribution in [0.5, 0.6) is 0 Å². The van der Waals surface area contributed by atoms with Crippen LogP contribution in [-0.2, 0) is 6.54 Å². The lowest BCUT2D eigenvalue weighted by molar-refractivity contribution is -0.385. The lowest BCUT2D eigenvalue weighted by Crippen LogP contribution is -2.34. The first-order valence-corrected chi connectivity index (χ1v) is 9.32. The van der Waals surface area contributed by atoms with Crippen molar-refractivity contribution < 1.29 is 4.92 Å². The maximum atomic E-state index is 11.2. The van der Waals surface area contributed by atoms with Gasteiger partial charge in [-0.15, -0.1) is 11.3 Å². The van der Waals surface area contributed by atoms with E-state index in [1.165, 1.54) is 9.71 Å². The van der Waals surface area contributed by atoms with Gasteiger partial charge in [0.2, 0.25) is 0 Å². The summed E-state index contributed by atoms with van der Waals surface area (Å²) in [6, 6.07) is 15.3. The van der Waals surface area contributed by atoms with Gasteiger partial charge in [0, 0.05) is 30.6 Å². The number of benzene rings is 2. The molecule has 2 aromatic carbocycles. The Labute approximate surface area is 150 Å². The fourth-order valence-electron chi connectivity index (χ4n) is 3.53. The Kier molecular flexibility index (Phi) is 4.46. The van der Waals surface area contributed by atoms with Crippen molar-refractivity contribution in [1.29, 1.82) is 0 Å². The van der Waals surface area contributed by atoms with Crippen LogP contribution in [0.4, 0.5) is 5.69 Å².